The smallest absolute Gasteiger partial charge is 0.296 e. The van der Waals surface area contributed by atoms with Crippen LogP contribution in [0, 0.1) is 0 Å². The molecule has 5 N–H and O–H groups in total. The van der Waals surface area contributed by atoms with Crippen LogP contribution in [0.4, 0.5) is 0 Å². The zero-order chi connectivity index (χ0) is 25.2. The van der Waals surface area contributed by atoms with Crippen molar-refractivity contribution >= 4 is 63.8 Å². The number of benzene rings is 2. The zero-order valence-corrected chi connectivity index (χ0v) is 19.1. The molecule has 20 heteroatoms. The predicted molar refractivity (Wildman–Crippen MR) is 110 cm³/mol. The third-order valence-electron chi connectivity index (χ3n) is 4.29. The number of hydrogen-bond donors (Lipinski definition) is 5. The molecule has 2 heterocycles. The Morgan fingerprint density at radius 2 is 1.24 bits per heavy atom. The highest BCUT2D eigenvalue weighted by molar-refractivity contribution is 7.87. The van der Waals surface area contributed by atoms with Gasteiger partial charge in [-0.25, -0.2) is 14.2 Å². The average Bonchev–Trinajstić information content (AvgIpc) is 3.27. The molecule has 182 valence electrons. The number of nitrogens with one attached hydrogen (secondary N) is 2. The summed E-state index contributed by atoms with van der Waals surface area (Å²) in [4.78, 5) is 10.3. The minimum atomic E-state index is -5.02. The lowest BCUT2D eigenvalue weighted by molar-refractivity contribution is 0.439. The van der Waals surface area contributed by atoms with Gasteiger partial charge in [0.15, 0.2) is 11.6 Å². The molecule has 0 aliphatic heterocycles. The average molecular weight is 554 g/mol. The summed E-state index contributed by atoms with van der Waals surface area (Å²) in [6.07, 6.45) is 0. The molecule has 0 saturated heterocycles. The molecule has 1 unspecified atom stereocenters. The van der Waals surface area contributed by atoms with Gasteiger partial charge >= 0.3 is 0 Å². The molecule has 16 nitrogen and oxygen atoms in total. The van der Waals surface area contributed by atoms with Crippen LogP contribution in [-0.4, -0.2) is 67.6 Å². The molecule has 0 aliphatic rings. The number of nitrogens with zero attached hydrogens (tertiary/aromatic N) is 2. The topological polar surface area (TPSA) is 270 Å². The number of hydrogen-bond acceptors (Lipinski definition) is 11. The molecular formula is C14H9N4O12S4-. The molecule has 0 saturated carbocycles. The van der Waals surface area contributed by atoms with Gasteiger partial charge in [0.2, 0.25) is 0 Å². The second-order valence-electron chi connectivity index (χ2n) is 6.52. The molecule has 0 radical (unpaired) electrons. The van der Waals surface area contributed by atoms with Crippen molar-refractivity contribution in [2.75, 3.05) is 0 Å². The quantitative estimate of drug-likeness (QED) is 0.155. The first kappa shape index (κ1) is 24.2. The summed E-state index contributed by atoms with van der Waals surface area (Å²) in [7, 11) is -14.9. The van der Waals surface area contributed by atoms with E-state index >= 15 is 0 Å². The van der Waals surface area contributed by atoms with Crippen molar-refractivity contribution in [3.8, 4) is 17.4 Å². The summed E-state index contributed by atoms with van der Waals surface area (Å²) < 4.78 is 124. The van der Waals surface area contributed by atoms with Crippen LogP contribution in [0.25, 0.3) is 33.7 Å². The largest absolute Gasteiger partial charge is 0.740 e. The van der Waals surface area contributed by atoms with Crippen LogP contribution in [0.15, 0.2) is 39.0 Å². The molecule has 0 fully saturated rings. The number of rotatable bonds is 6. The molecule has 0 spiro atoms. The first-order chi connectivity index (χ1) is 15.5. The van der Waals surface area contributed by atoms with Gasteiger partial charge in [-0.15, -0.1) is 0 Å². The van der Waals surface area contributed by atoms with Gasteiger partial charge in [-0.3, -0.25) is 13.7 Å². The van der Waals surface area contributed by atoms with E-state index in [0.29, 0.717) is 12.1 Å². The van der Waals surface area contributed by atoms with E-state index in [-0.39, 0.29) is 28.2 Å². The lowest BCUT2D eigenvalue weighted by Crippen LogP contribution is -2.04. The molecule has 0 bridgehead atoms. The van der Waals surface area contributed by atoms with Crippen molar-refractivity contribution in [2.45, 2.75) is 14.7 Å². The lowest BCUT2D eigenvalue weighted by Gasteiger charge is -2.08. The fourth-order valence-corrected chi connectivity index (χ4v) is 5.22. The lowest BCUT2D eigenvalue weighted by atomic mass is 10.3. The van der Waals surface area contributed by atoms with Gasteiger partial charge in [0.1, 0.15) is 37.9 Å². The van der Waals surface area contributed by atoms with Crippen LogP contribution in [-0.2, 0) is 41.7 Å². The van der Waals surface area contributed by atoms with E-state index in [0.717, 1.165) is 12.1 Å². The Bertz CT molecular complexity index is 1840. The van der Waals surface area contributed by atoms with Crippen LogP contribution in [0.5, 0.6) is 5.75 Å². The Morgan fingerprint density at radius 3 is 1.68 bits per heavy atom. The number of aromatic nitrogens is 4. The van der Waals surface area contributed by atoms with E-state index in [1.807, 2.05) is 0 Å². The summed E-state index contributed by atoms with van der Waals surface area (Å²) in [5, 5.41) is 0. The van der Waals surface area contributed by atoms with Crippen molar-refractivity contribution < 1.29 is 51.9 Å². The van der Waals surface area contributed by atoms with Crippen LogP contribution in [0.2, 0.25) is 0 Å². The molecule has 1 atom stereocenters. The summed E-state index contributed by atoms with van der Waals surface area (Å²) in [6.45, 7) is 0. The number of fused-ring (bicyclic) bond motifs is 2. The Kier molecular flexibility index (Phi) is 5.52. The van der Waals surface area contributed by atoms with E-state index in [1.165, 1.54) is 0 Å². The summed E-state index contributed by atoms with van der Waals surface area (Å²) >= 11 is -3.08. The fourth-order valence-electron chi connectivity index (χ4n) is 3.01. The molecule has 34 heavy (non-hydrogen) atoms. The highest BCUT2D eigenvalue weighted by Crippen LogP contribution is 2.32. The molecule has 0 aliphatic carbocycles. The normalized spacial score (nSPS) is 14.0. The maximum atomic E-state index is 11.8. The van der Waals surface area contributed by atoms with E-state index in [2.05, 4.69) is 24.1 Å². The van der Waals surface area contributed by atoms with E-state index in [1.54, 1.807) is 0 Å². The van der Waals surface area contributed by atoms with Gasteiger partial charge < -0.3 is 18.7 Å². The van der Waals surface area contributed by atoms with Gasteiger partial charge in [-0.1, -0.05) is 0 Å². The third-order valence-corrected chi connectivity index (χ3v) is 7.19. The van der Waals surface area contributed by atoms with E-state index in [9.17, 15) is 47.7 Å². The standard InChI is InChI=1S/C14H10N4O12S4/c19-31(20)30-5-1-7-11(9(2-5)33(24,25)26)17-13(15-7)14-16-8-3-6(32(21,22)23)4-10(12(8)18-14)34(27,28)29/h1-4H,(H,15,17)(H,16,18)(H,19,20)(H,21,22,23)(H,24,25,26)(H,27,28,29)/p-1. The van der Waals surface area contributed by atoms with Gasteiger partial charge in [0, 0.05) is 12.1 Å². The minimum Gasteiger partial charge on any atom is -0.740 e. The van der Waals surface area contributed by atoms with Crippen LogP contribution in [0.3, 0.4) is 0 Å². The highest BCUT2D eigenvalue weighted by atomic mass is 32.2. The Hall–Kier alpha value is -2.98. The fraction of sp³-hybridized carbons (Fsp3) is 0. The molecule has 2 aromatic carbocycles. The van der Waals surface area contributed by atoms with Crippen molar-refractivity contribution in [3.05, 3.63) is 24.3 Å². The molecule has 4 rings (SSSR count). The summed E-state index contributed by atoms with van der Waals surface area (Å²) in [6, 6.07) is 3.00. The predicted octanol–water partition coefficient (Wildman–Crippen LogP) is 0.0192. The van der Waals surface area contributed by atoms with Crippen LogP contribution >= 0.6 is 0 Å². The monoisotopic (exact) mass is 553 g/mol. The third kappa shape index (κ3) is 4.52. The number of aromatic amines is 2. The van der Waals surface area contributed by atoms with E-state index in [4.69, 9.17) is 0 Å². The Morgan fingerprint density at radius 1 is 0.765 bits per heavy atom. The first-order valence-electron chi connectivity index (χ1n) is 8.32. The maximum Gasteiger partial charge on any atom is 0.296 e. The van der Waals surface area contributed by atoms with Gasteiger partial charge in [0.05, 0.1) is 15.9 Å². The highest BCUT2D eigenvalue weighted by Gasteiger charge is 2.25. The van der Waals surface area contributed by atoms with Crippen molar-refractivity contribution in [2.24, 2.45) is 0 Å². The van der Waals surface area contributed by atoms with E-state index < -0.39 is 67.7 Å². The summed E-state index contributed by atoms with van der Waals surface area (Å²) in [5.74, 6) is -1.06. The molecule has 2 aromatic heterocycles. The second-order valence-corrected chi connectivity index (χ2v) is 11.3. The van der Waals surface area contributed by atoms with Crippen LogP contribution in [0.1, 0.15) is 0 Å². The SMILES string of the molecule is O=S([O-])Oc1cc(S(=O)(=O)O)c2nc(-c3nc4c(S(=O)(=O)O)cc(S(=O)(=O)O)cc4[nH]3)[nH]c2c1. The zero-order valence-electron chi connectivity index (χ0n) is 15.9. The molecule has 0 amide bonds. The van der Waals surface area contributed by atoms with Gasteiger partial charge in [-0.2, -0.15) is 25.3 Å². The second kappa shape index (κ2) is 7.78. The Balaban J connectivity index is 2.00. The first-order valence-corrected chi connectivity index (χ1v) is 13.6. The number of imidazole rings is 2. The summed E-state index contributed by atoms with van der Waals surface area (Å²) in [5.41, 5.74) is -1.26. The van der Waals surface area contributed by atoms with Crippen molar-refractivity contribution in [1.82, 2.24) is 19.9 Å². The minimum absolute atomic E-state index is 0.153. The van der Waals surface area contributed by atoms with Crippen molar-refractivity contribution in [3.63, 3.8) is 0 Å². The molecular weight excluding hydrogens is 544 g/mol. The Labute approximate surface area is 191 Å². The van der Waals surface area contributed by atoms with Gasteiger partial charge in [-0.05, 0) is 12.1 Å². The molecule has 4 aromatic rings. The van der Waals surface area contributed by atoms with Crippen molar-refractivity contribution in [1.29, 1.82) is 0 Å². The maximum absolute atomic E-state index is 11.8. The van der Waals surface area contributed by atoms with Crippen LogP contribution < -0.4 is 4.18 Å². The number of H-pyrrole nitrogens is 2. The van der Waals surface area contributed by atoms with Gasteiger partial charge in [0.25, 0.3) is 30.4 Å².